The lowest BCUT2D eigenvalue weighted by atomic mass is 10.2. The summed E-state index contributed by atoms with van der Waals surface area (Å²) in [6.45, 7) is 2.22. The monoisotopic (exact) mass is 293 g/mol. The van der Waals surface area contributed by atoms with Crippen LogP contribution in [-0.2, 0) is 29.4 Å². The average molecular weight is 293 g/mol. The molecule has 0 radical (unpaired) electrons. The molecule has 2 aromatic rings. The van der Waals surface area contributed by atoms with Gasteiger partial charge in [0, 0.05) is 32.4 Å². The van der Waals surface area contributed by atoms with Crippen molar-refractivity contribution in [2.75, 3.05) is 7.05 Å². The van der Waals surface area contributed by atoms with Gasteiger partial charge in [0.05, 0.1) is 11.4 Å². The van der Waals surface area contributed by atoms with Crippen molar-refractivity contribution in [2.24, 2.45) is 7.05 Å². The summed E-state index contributed by atoms with van der Waals surface area (Å²) in [4.78, 5) is 0. The predicted molar refractivity (Wildman–Crippen MR) is 78.5 cm³/mol. The van der Waals surface area contributed by atoms with Crippen molar-refractivity contribution in [3.05, 3.63) is 53.3 Å². The fourth-order valence-electron chi connectivity index (χ4n) is 2.04. The molecule has 5 nitrogen and oxygen atoms in total. The molecule has 1 aromatic carbocycles. The molecule has 0 spiro atoms. The SMILES string of the molecule is Cc1nn(C)cc1CN(C)S(=O)(=O)Cc1ccccc1. The Morgan fingerprint density at radius 1 is 1.25 bits per heavy atom. The van der Waals surface area contributed by atoms with Crippen LogP contribution in [0.15, 0.2) is 36.5 Å². The Bertz CT molecular complexity index is 678. The minimum absolute atomic E-state index is 0.0175. The van der Waals surface area contributed by atoms with Crippen molar-refractivity contribution in [1.82, 2.24) is 14.1 Å². The van der Waals surface area contributed by atoms with E-state index >= 15 is 0 Å². The first kappa shape index (κ1) is 14.7. The fourth-order valence-corrected chi connectivity index (χ4v) is 3.21. The van der Waals surface area contributed by atoms with Crippen molar-refractivity contribution >= 4 is 10.0 Å². The van der Waals surface area contributed by atoms with E-state index in [9.17, 15) is 8.42 Å². The van der Waals surface area contributed by atoms with Gasteiger partial charge in [-0.3, -0.25) is 4.68 Å². The van der Waals surface area contributed by atoms with E-state index in [1.807, 2.05) is 50.5 Å². The summed E-state index contributed by atoms with van der Waals surface area (Å²) >= 11 is 0. The van der Waals surface area contributed by atoms with Gasteiger partial charge in [0.2, 0.25) is 10.0 Å². The van der Waals surface area contributed by atoms with Crippen LogP contribution in [0.3, 0.4) is 0 Å². The Morgan fingerprint density at radius 2 is 1.90 bits per heavy atom. The normalized spacial score (nSPS) is 12.0. The lowest BCUT2D eigenvalue weighted by molar-refractivity contribution is 0.465. The molecule has 0 aliphatic rings. The molecule has 1 aromatic heterocycles. The van der Waals surface area contributed by atoms with E-state index in [2.05, 4.69) is 5.10 Å². The van der Waals surface area contributed by atoms with Crippen molar-refractivity contribution in [2.45, 2.75) is 19.2 Å². The number of hydrogen-bond donors (Lipinski definition) is 0. The van der Waals surface area contributed by atoms with E-state index in [0.29, 0.717) is 6.54 Å². The molecular formula is C14H19N3O2S. The molecule has 0 unspecified atom stereocenters. The van der Waals surface area contributed by atoms with E-state index in [1.54, 1.807) is 11.7 Å². The molecule has 0 fully saturated rings. The van der Waals surface area contributed by atoms with Crippen LogP contribution in [0.4, 0.5) is 0 Å². The van der Waals surface area contributed by atoms with Gasteiger partial charge in [-0.15, -0.1) is 0 Å². The van der Waals surface area contributed by atoms with Gasteiger partial charge >= 0.3 is 0 Å². The molecule has 0 saturated carbocycles. The Kier molecular flexibility index (Phi) is 4.25. The Labute approximate surface area is 119 Å². The summed E-state index contributed by atoms with van der Waals surface area (Å²) in [5.41, 5.74) is 2.57. The first-order valence-electron chi connectivity index (χ1n) is 6.35. The van der Waals surface area contributed by atoms with Crippen LogP contribution in [0, 0.1) is 6.92 Å². The molecule has 0 aliphatic carbocycles. The number of nitrogens with zero attached hydrogens (tertiary/aromatic N) is 3. The van der Waals surface area contributed by atoms with Crippen LogP contribution in [0.1, 0.15) is 16.8 Å². The third-order valence-electron chi connectivity index (χ3n) is 3.17. The van der Waals surface area contributed by atoms with Crippen LogP contribution in [0.5, 0.6) is 0 Å². The molecule has 0 aliphatic heterocycles. The van der Waals surface area contributed by atoms with E-state index in [1.165, 1.54) is 4.31 Å². The zero-order valence-electron chi connectivity index (χ0n) is 11.9. The number of rotatable bonds is 5. The molecule has 2 rings (SSSR count). The van der Waals surface area contributed by atoms with Gasteiger partial charge in [0.1, 0.15) is 0 Å². The quantitative estimate of drug-likeness (QED) is 0.843. The predicted octanol–water partition coefficient (Wildman–Crippen LogP) is 1.69. The zero-order chi connectivity index (χ0) is 14.8. The summed E-state index contributed by atoms with van der Waals surface area (Å²) in [5, 5.41) is 4.23. The standard InChI is InChI=1S/C14H19N3O2S/c1-12-14(9-16(2)15-12)10-17(3)20(18,19)11-13-7-5-4-6-8-13/h4-9H,10-11H2,1-3H3. The van der Waals surface area contributed by atoms with Gasteiger partial charge in [-0.25, -0.2) is 12.7 Å². The van der Waals surface area contributed by atoms with Crippen LogP contribution in [0.2, 0.25) is 0 Å². The second-order valence-corrected chi connectivity index (χ2v) is 6.99. The van der Waals surface area contributed by atoms with Gasteiger partial charge in [0.25, 0.3) is 0 Å². The summed E-state index contributed by atoms with van der Waals surface area (Å²) in [6, 6.07) is 9.20. The highest BCUT2D eigenvalue weighted by Crippen LogP contribution is 2.14. The van der Waals surface area contributed by atoms with E-state index in [0.717, 1.165) is 16.8 Å². The summed E-state index contributed by atoms with van der Waals surface area (Å²) in [5.74, 6) is 0.0175. The Hall–Kier alpha value is -1.66. The minimum atomic E-state index is -3.32. The fraction of sp³-hybridized carbons (Fsp3) is 0.357. The Morgan fingerprint density at radius 3 is 2.45 bits per heavy atom. The third-order valence-corrected chi connectivity index (χ3v) is 4.95. The molecule has 0 saturated heterocycles. The Balaban J connectivity index is 2.11. The zero-order valence-corrected chi connectivity index (χ0v) is 12.8. The lowest BCUT2D eigenvalue weighted by Gasteiger charge is -2.16. The summed E-state index contributed by atoms with van der Waals surface area (Å²) in [7, 11) is 0.108. The van der Waals surface area contributed by atoms with Crippen LogP contribution in [-0.4, -0.2) is 29.6 Å². The van der Waals surface area contributed by atoms with Gasteiger partial charge < -0.3 is 0 Å². The van der Waals surface area contributed by atoms with Crippen LogP contribution >= 0.6 is 0 Å². The minimum Gasteiger partial charge on any atom is -0.275 e. The van der Waals surface area contributed by atoms with Crippen LogP contribution in [0.25, 0.3) is 0 Å². The van der Waals surface area contributed by atoms with Gasteiger partial charge in [-0.2, -0.15) is 5.10 Å². The molecule has 6 heteroatoms. The number of aryl methyl sites for hydroxylation is 2. The van der Waals surface area contributed by atoms with E-state index < -0.39 is 10.0 Å². The maximum Gasteiger partial charge on any atom is 0.218 e. The summed E-state index contributed by atoms with van der Waals surface area (Å²) in [6.07, 6.45) is 1.85. The lowest BCUT2D eigenvalue weighted by Crippen LogP contribution is -2.27. The highest BCUT2D eigenvalue weighted by atomic mass is 32.2. The molecule has 0 bridgehead atoms. The largest absolute Gasteiger partial charge is 0.275 e. The molecule has 0 amide bonds. The molecular weight excluding hydrogens is 274 g/mol. The molecule has 108 valence electrons. The molecule has 1 heterocycles. The van der Waals surface area contributed by atoms with Gasteiger partial charge in [-0.05, 0) is 12.5 Å². The van der Waals surface area contributed by atoms with Crippen LogP contribution < -0.4 is 0 Å². The molecule has 0 atom stereocenters. The number of aromatic nitrogens is 2. The average Bonchev–Trinajstić information content (AvgIpc) is 2.68. The summed E-state index contributed by atoms with van der Waals surface area (Å²) < 4.78 is 27.7. The molecule has 0 N–H and O–H groups in total. The number of benzene rings is 1. The van der Waals surface area contributed by atoms with Gasteiger partial charge in [0.15, 0.2) is 0 Å². The second-order valence-electron chi connectivity index (χ2n) is 4.91. The topological polar surface area (TPSA) is 55.2 Å². The second kappa shape index (κ2) is 5.76. The first-order valence-corrected chi connectivity index (χ1v) is 7.96. The third kappa shape index (κ3) is 3.46. The van der Waals surface area contributed by atoms with E-state index in [-0.39, 0.29) is 5.75 Å². The maximum absolute atomic E-state index is 12.3. The smallest absolute Gasteiger partial charge is 0.218 e. The van der Waals surface area contributed by atoms with Gasteiger partial charge in [-0.1, -0.05) is 30.3 Å². The van der Waals surface area contributed by atoms with Crippen molar-refractivity contribution in [3.8, 4) is 0 Å². The van der Waals surface area contributed by atoms with E-state index in [4.69, 9.17) is 0 Å². The number of sulfonamides is 1. The first-order chi connectivity index (χ1) is 9.38. The maximum atomic E-state index is 12.3. The van der Waals surface area contributed by atoms with Crippen molar-refractivity contribution in [3.63, 3.8) is 0 Å². The van der Waals surface area contributed by atoms with Crippen molar-refractivity contribution < 1.29 is 8.42 Å². The number of hydrogen-bond acceptors (Lipinski definition) is 3. The van der Waals surface area contributed by atoms with Crippen molar-refractivity contribution in [1.29, 1.82) is 0 Å². The molecule has 20 heavy (non-hydrogen) atoms. The highest BCUT2D eigenvalue weighted by Gasteiger charge is 2.20. The highest BCUT2D eigenvalue weighted by molar-refractivity contribution is 7.88.